The fraction of sp³-hybridized carbons (Fsp3) is 0.333. The second-order valence-electron chi connectivity index (χ2n) is 6.64. The van der Waals surface area contributed by atoms with Gasteiger partial charge in [0.25, 0.3) is 5.91 Å². The normalized spacial score (nSPS) is 17.2. The van der Waals surface area contributed by atoms with Crippen LogP contribution in [0.25, 0.3) is 0 Å². The third-order valence-electron chi connectivity index (χ3n) is 4.87. The van der Waals surface area contributed by atoms with Crippen LogP contribution in [0.4, 0.5) is 0 Å². The lowest BCUT2D eigenvalue weighted by Crippen LogP contribution is -2.42. The molecule has 0 N–H and O–H groups in total. The molecule has 1 aliphatic rings. The average molecular weight is 388 g/mol. The summed E-state index contributed by atoms with van der Waals surface area (Å²) in [6, 6.07) is 13.0. The molecule has 136 valence electrons. The molecule has 3 rings (SSSR count). The number of likely N-dealkylation sites (tertiary alicyclic amines) is 1. The molecular weight excluding hydrogens is 366 g/mol. The predicted octanol–water partition coefficient (Wildman–Crippen LogP) is 5.11. The lowest BCUT2D eigenvalue weighted by molar-refractivity contribution is 0.0637. The van der Waals surface area contributed by atoms with Gasteiger partial charge in [0, 0.05) is 40.1 Å². The molecule has 26 heavy (non-hydrogen) atoms. The predicted molar refractivity (Wildman–Crippen MR) is 107 cm³/mol. The number of hydrogen-bond acceptors (Lipinski definition) is 3. The summed E-state index contributed by atoms with van der Waals surface area (Å²) in [7, 11) is 0. The number of hydrogen-bond donors (Lipinski definition) is 0. The molecule has 0 aromatic heterocycles. The standard InChI is InChI=1S/C21H22ClNO2S/c1-14-12-17(22)7-10-19(14)20(24)16-4-3-11-23(13-16)21(25)15-5-8-18(26-2)9-6-15/h5-10,12,16H,3-4,11,13H2,1-2H3. The van der Waals surface area contributed by atoms with E-state index in [-0.39, 0.29) is 17.6 Å². The van der Waals surface area contributed by atoms with E-state index < -0.39 is 0 Å². The minimum atomic E-state index is -0.155. The number of halogens is 1. The summed E-state index contributed by atoms with van der Waals surface area (Å²) in [5, 5.41) is 0.633. The van der Waals surface area contributed by atoms with Gasteiger partial charge in [0.15, 0.2) is 5.78 Å². The maximum absolute atomic E-state index is 12.9. The third-order valence-corrected chi connectivity index (χ3v) is 5.85. The highest BCUT2D eigenvalue weighted by molar-refractivity contribution is 7.98. The van der Waals surface area contributed by atoms with Crippen LogP contribution in [0.3, 0.4) is 0 Å². The van der Waals surface area contributed by atoms with Gasteiger partial charge in [0.05, 0.1) is 0 Å². The number of rotatable bonds is 4. The van der Waals surface area contributed by atoms with Gasteiger partial charge in [0.2, 0.25) is 0 Å². The highest BCUT2D eigenvalue weighted by Crippen LogP contribution is 2.25. The summed E-state index contributed by atoms with van der Waals surface area (Å²) in [5.74, 6) is -0.0459. The Balaban J connectivity index is 1.73. The zero-order chi connectivity index (χ0) is 18.7. The monoisotopic (exact) mass is 387 g/mol. The Kier molecular flexibility index (Phi) is 6.05. The number of nitrogens with zero attached hydrogens (tertiary/aromatic N) is 1. The van der Waals surface area contributed by atoms with Crippen LogP contribution < -0.4 is 0 Å². The molecule has 1 fully saturated rings. The summed E-state index contributed by atoms with van der Waals surface area (Å²) in [5.41, 5.74) is 2.27. The SMILES string of the molecule is CSc1ccc(C(=O)N2CCCC(C(=O)c3ccc(Cl)cc3C)C2)cc1. The number of benzene rings is 2. The number of carbonyl (C=O) groups excluding carboxylic acids is 2. The van der Waals surface area contributed by atoms with Gasteiger partial charge in [0.1, 0.15) is 0 Å². The second kappa shape index (κ2) is 8.28. The smallest absolute Gasteiger partial charge is 0.253 e. The molecule has 5 heteroatoms. The topological polar surface area (TPSA) is 37.4 Å². The fourth-order valence-corrected chi connectivity index (χ4v) is 4.05. The first-order valence-electron chi connectivity index (χ1n) is 8.73. The lowest BCUT2D eigenvalue weighted by Gasteiger charge is -2.32. The summed E-state index contributed by atoms with van der Waals surface area (Å²) in [4.78, 5) is 28.7. The zero-order valence-electron chi connectivity index (χ0n) is 15.0. The first-order valence-corrected chi connectivity index (χ1v) is 10.3. The van der Waals surface area contributed by atoms with E-state index in [4.69, 9.17) is 11.6 Å². The van der Waals surface area contributed by atoms with Crippen molar-refractivity contribution in [1.29, 1.82) is 0 Å². The van der Waals surface area contributed by atoms with E-state index in [1.165, 1.54) is 0 Å². The van der Waals surface area contributed by atoms with Gasteiger partial charge in [-0.25, -0.2) is 0 Å². The van der Waals surface area contributed by atoms with E-state index in [1.807, 2.05) is 48.4 Å². The molecule has 1 atom stereocenters. The molecule has 3 nitrogen and oxygen atoms in total. The number of carbonyl (C=O) groups is 2. The van der Waals surface area contributed by atoms with Gasteiger partial charge in [-0.1, -0.05) is 11.6 Å². The van der Waals surface area contributed by atoms with Crippen LogP contribution in [0.15, 0.2) is 47.4 Å². The minimum Gasteiger partial charge on any atom is -0.338 e. The van der Waals surface area contributed by atoms with Crippen LogP contribution in [0, 0.1) is 12.8 Å². The van der Waals surface area contributed by atoms with Gasteiger partial charge in [-0.15, -0.1) is 11.8 Å². The van der Waals surface area contributed by atoms with Crippen LogP contribution in [0.5, 0.6) is 0 Å². The summed E-state index contributed by atoms with van der Waals surface area (Å²) in [6.45, 7) is 3.08. The molecule has 0 bridgehead atoms. The van der Waals surface area contributed by atoms with Gasteiger partial charge in [-0.05, 0) is 74.0 Å². The van der Waals surface area contributed by atoms with Crippen molar-refractivity contribution in [3.8, 4) is 0 Å². The lowest BCUT2D eigenvalue weighted by atomic mass is 9.88. The number of aryl methyl sites for hydroxylation is 1. The van der Waals surface area contributed by atoms with E-state index in [0.717, 1.165) is 23.3 Å². The third kappa shape index (κ3) is 4.13. The Morgan fingerprint density at radius 3 is 2.54 bits per heavy atom. The molecule has 2 aromatic carbocycles. The molecule has 0 aliphatic carbocycles. The van der Waals surface area contributed by atoms with Crippen LogP contribution >= 0.6 is 23.4 Å². The van der Waals surface area contributed by atoms with Crippen molar-refractivity contribution in [1.82, 2.24) is 4.90 Å². The molecule has 1 aliphatic heterocycles. The minimum absolute atomic E-state index is 0.00276. The van der Waals surface area contributed by atoms with Crippen molar-refractivity contribution in [2.24, 2.45) is 5.92 Å². The molecule has 0 saturated carbocycles. The Bertz CT molecular complexity index is 819. The van der Waals surface area contributed by atoms with E-state index in [9.17, 15) is 9.59 Å². The van der Waals surface area contributed by atoms with Crippen molar-refractivity contribution in [2.45, 2.75) is 24.7 Å². The molecular formula is C21H22ClNO2S. The van der Waals surface area contributed by atoms with E-state index in [2.05, 4.69) is 0 Å². The maximum Gasteiger partial charge on any atom is 0.253 e. The van der Waals surface area contributed by atoms with Crippen molar-refractivity contribution in [3.63, 3.8) is 0 Å². The van der Waals surface area contributed by atoms with Crippen molar-refractivity contribution in [3.05, 3.63) is 64.2 Å². The van der Waals surface area contributed by atoms with Crippen LogP contribution in [0.1, 0.15) is 39.1 Å². The first-order chi connectivity index (χ1) is 12.5. The summed E-state index contributed by atoms with van der Waals surface area (Å²) >= 11 is 7.65. The molecule has 2 aromatic rings. The summed E-state index contributed by atoms with van der Waals surface area (Å²) in [6.07, 6.45) is 3.67. The maximum atomic E-state index is 12.9. The number of piperidine rings is 1. The fourth-order valence-electron chi connectivity index (χ4n) is 3.42. The Morgan fingerprint density at radius 2 is 1.88 bits per heavy atom. The van der Waals surface area contributed by atoms with Crippen LogP contribution in [0.2, 0.25) is 5.02 Å². The highest BCUT2D eigenvalue weighted by atomic mass is 35.5. The molecule has 1 saturated heterocycles. The Labute approximate surface area is 163 Å². The molecule has 1 heterocycles. The van der Waals surface area contributed by atoms with Gasteiger partial charge >= 0.3 is 0 Å². The van der Waals surface area contributed by atoms with Crippen LogP contribution in [-0.4, -0.2) is 35.9 Å². The van der Waals surface area contributed by atoms with Crippen molar-refractivity contribution in [2.75, 3.05) is 19.3 Å². The second-order valence-corrected chi connectivity index (χ2v) is 7.96. The largest absolute Gasteiger partial charge is 0.338 e. The molecule has 0 radical (unpaired) electrons. The highest BCUT2D eigenvalue weighted by Gasteiger charge is 2.30. The molecule has 1 amide bonds. The quantitative estimate of drug-likeness (QED) is 0.540. The zero-order valence-corrected chi connectivity index (χ0v) is 16.6. The average Bonchev–Trinajstić information content (AvgIpc) is 2.67. The molecule has 1 unspecified atom stereocenters. The molecule has 0 spiro atoms. The van der Waals surface area contributed by atoms with Crippen LogP contribution in [-0.2, 0) is 0 Å². The first kappa shape index (κ1) is 19.0. The number of amides is 1. The van der Waals surface area contributed by atoms with Gasteiger partial charge in [-0.2, -0.15) is 0 Å². The van der Waals surface area contributed by atoms with Crippen molar-refractivity contribution >= 4 is 35.1 Å². The summed E-state index contributed by atoms with van der Waals surface area (Å²) < 4.78 is 0. The number of thioether (sulfide) groups is 1. The van der Waals surface area contributed by atoms with E-state index >= 15 is 0 Å². The number of ketones is 1. The van der Waals surface area contributed by atoms with E-state index in [1.54, 1.807) is 23.9 Å². The van der Waals surface area contributed by atoms with E-state index in [0.29, 0.717) is 29.2 Å². The Morgan fingerprint density at radius 1 is 1.15 bits per heavy atom. The van der Waals surface area contributed by atoms with Crippen molar-refractivity contribution < 1.29 is 9.59 Å². The van der Waals surface area contributed by atoms with Gasteiger partial charge < -0.3 is 4.90 Å². The van der Waals surface area contributed by atoms with Gasteiger partial charge in [-0.3, -0.25) is 9.59 Å². The number of Topliss-reactive ketones (excluding diaryl/α,β-unsaturated/α-hetero) is 1. The Hall–Kier alpha value is -1.78.